The Morgan fingerprint density at radius 2 is 2.36 bits per heavy atom. The summed E-state index contributed by atoms with van der Waals surface area (Å²) in [6.07, 6.45) is 1.72. The summed E-state index contributed by atoms with van der Waals surface area (Å²) < 4.78 is 0. The molecule has 0 aromatic carbocycles. The molecule has 0 saturated carbocycles. The van der Waals surface area contributed by atoms with E-state index in [0.717, 1.165) is 12.2 Å². The van der Waals surface area contributed by atoms with Crippen molar-refractivity contribution in [3.8, 4) is 0 Å². The Balaban J connectivity index is 2.15. The third-order valence-electron chi connectivity index (χ3n) is 1.67. The Labute approximate surface area is 89.5 Å². The van der Waals surface area contributed by atoms with Crippen molar-refractivity contribution in [3.05, 3.63) is 18.0 Å². The van der Waals surface area contributed by atoms with E-state index in [-0.39, 0.29) is 0 Å². The van der Waals surface area contributed by atoms with Gasteiger partial charge in [0.25, 0.3) is 0 Å². The maximum absolute atomic E-state index is 5.09. The Kier molecular flexibility index (Phi) is 4.39. The zero-order valence-corrected chi connectivity index (χ0v) is 9.32. The average molecular weight is 212 g/mol. The van der Waals surface area contributed by atoms with Gasteiger partial charge in [-0.15, -0.1) is 0 Å². The van der Waals surface area contributed by atoms with Crippen molar-refractivity contribution in [1.29, 1.82) is 0 Å². The summed E-state index contributed by atoms with van der Waals surface area (Å²) in [6, 6.07) is 1.91. The van der Waals surface area contributed by atoms with Crippen molar-refractivity contribution in [2.24, 2.45) is 5.92 Å². The molecule has 78 valence electrons. The zero-order valence-electron chi connectivity index (χ0n) is 8.50. The third kappa shape index (κ3) is 4.23. The van der Waals surface area contributed by atoms with Crippen molar-refractivity contribution < 1.29 is 0 Å². The molecule has 0 atom stereocenters. The van der Waals surface area contributed by atoms with Gasteiger partial charge in [0, 0.05) is 12.7 Å². The largest absolute Gasteiger partial charge is 0.362 e. The quantitative estimate of drug-likeness (QED) is 0.653. The normalized spacial score (nSPS) is 10.2. The summed E-state index contributed by atoms with van der Waals surface area (Å²) >= 11 is 5.09. The van der Waals surface area contributed by atoms with Crippen LogP contribution in [0.15, 0.2) is 12.3 Å². The number of nitrogens with one attached hydrogen (secondary N) is 3. The Morgan fingerprint density at radius 3 is 2.93 bits per heavy atom. The van der Waals surface area contributed by atoms with E-state index >= 15 is 0 Å². The van der Waals surface area contributed by atoms with Crippen molar-refractivity contribution >= 4 is 17.3 Å². The number of H-pyrrole nitrogens is 1. The Morgan fingerprint density at radius 1 is 1.57 bits per heavy atom. The molecule has 0 saturated heterocycles. The summed E-state index contributed by atoms with van der Waals surface area (Å²) in [5, 5.41) is 13.6. The minimum Gasteiger partial charge on any atom is -0.362 e. The highest BCUT2D eigenvalue weighted by atomic mass is 32.1. The van der Waals surface area contributed by atoms with Crippen molar-refractivity contribution in [1.82, 2.24) is 20.8 Å². The monoisotopic (exact) mass is 212 g/mol. The summed E-state index contributed by atoms with van der Waals surface area (Å²) in [5.74, 6) is 0.599. The molecule has 14 heavy (non-hydrogen) atoms. The molecule has 4 nitrogen and oxygen atoms in total. The summed E-state index contributed by atoms with van der Waals surface area (Å²) in [7, 11) is 0. The fourth-order valence-electron chi connectivity index (χ4n) is 0.918. The highest BCUT2D eigenvalue weighted by molar-refractivity contribution is 7.80. The number of aromatic nitrogens is 2. The van der Waals surface area contributed by atoms with Crippen LogP contribution in [0.5, 0.6) is 0 Å². The molecule has 1 aromatic heterocycles. The smallest absolute Gasteiger partial charge is 0.166 e. The van der Waals surface area contributed by atoms with Crippen LogP contribution in [0, 0.1) is 5.92 Å². The van der Waals surface area contributed by atoms with Gasteiger partial charge in [0.05, 0.1) is 12.2 Å². The SMILES string of the molecule is CC(C)CNC(=S)NCc1ccn[nH]1. The predicted octanol–water partition coefficient (Wildman–Crippen LogP) is 1.03. The second-order valence-corrected chi connectivity index (χ2v) is 3.95. The maximum Gasteiger partial charge on any atom is 0.166 e. The van der Waals surface area contributed by atoms with Crippen LogP contribution >= 0.6 is 12.2 Å². The molecule has 0 unspecified atom stereocenters. The van der Waals surface area contributed by atoms with Gasteiger partial charge in [0.2, 0.25) is 0 Å². The first-order valence-electron chi connectivity index (χ1n) is 4.68. The molecule has 0 aliphatic heterocycles. The van der Waals surface area contributed by atoms with Crippen LogP contribution in [0.2, 0.25) is 0 Å². The molecular weight excluding hydrogens is 196 g/mol. The lowest BCUT2D eigenvalue weighted by Gasteiger charge is -2.11. The Hall–Kier alpha value is -1.10. The summed E-state index contributed by atoms with van der Waals surface area (Å²) in [5.41, 5.74) is 1.03. The first kappa shape index (κ1) is 11.0. The van der Waals surface area contributed by atoms with Crippen LogP contribution in [0.4, 0.5) is 0 Å². The number of nitrogens with zero attached hydrogens (tertiary/aromatic N) is 1. The molecule has 0 spiro atoms. The molecule has 3 N–H and O–H groups in total. The van der Waals surface area contributed by atoms with Gasteiger partial charge in [-0.1, -0.05) is 13.8 Å². The highest BCUT2D eigenvalue weighted by Gasteiger charge is 1.98. The van der Waals surface area contributed by atoms with E-state index in [9.17, 15) is 0 Å². The number of aromatic amines is 1. The van der Waals surface area contributed by atoms with Crippen LogP contribution in [-0.2, 0) is 6.54 Å². The minimum absolute atomic E-state index is 0.599. The fourth-order valence-corrected chi connectivity index (χ4v) is 1.07. The predicted molar refractivity (Wildman–Crippen MR) is 60.9 cm³/mol. The van der Waals surface area contributed by atoms with Crippen LogP contribution in [-0.4, -0.2) is 21.9 Å². The van der Waals surface area contributed by atoms with Gasteiger partial charge in [0.1, 0.15) is 0 Å². The van der Waals surface area contributed by atoms with Crippen molar-refractivity contribution in [2.75, 3.05) is 6.54 Å². The van der Waals surface area contributed by atoms with E-state index in [0.29, 0.717) is 17.6 Å². The number of rotatable bonds is 4. The van der Waals surface area contributed by atoms with E-state index in [1.54, 1.807) is 6.20 Å². The molecule has 1 aromatic rings. The lowest BCUT2D eigenvalue weighted by Crippen LogP contribution is -2.36. The van der Waals surface area contributed by atoms with E-state index < -0.39 is 0 Å². The van der Waals surface area contributed by atoms with Crippen LogP contribution in [0.1, 0.15) is 19.5 Å². The molecule has 1 heterocycles. The molecule has 1 rings (SSSR count). The third-order valence-corrected chi connectivity index (χ3v) is 1.96. The summed E-state index contributed by atoms with van der Waals surface area (Å²) in [6.45, 7) is 5.87. The van der Waals surface area contributed by atoms with Crippen molar-refractivity contribution in [3.63, 3.8) is 0 Å². The zero-order chi connectivity index (χ0) is 10.4. The lowest BCUT2D eigenvalue weighted by atomic mass is 10.2. The van der Waals surface area contributed by atoms with Gasteiger partial charge < -0.3 is 10.6 Å². The second kappa shape index (κ2) is 5.59. The first-order chi connectivity index (χ1) is 6.68. The van der Waals surface area contributed by atoms with E-state index in [1.165, 1.54) is 0 Å². The number of hydrogen-bond donors (Lipinski definition) is 3. The van der Waals surface area contributed by atoms with Gasteiger partial charge in [0.15, 0.2) is 5.11 Å². The first-order valence-corrected chi connectivity index (χ1v) is 5.09. The standard InChI is InChI=1S/C9H16N4S/c1-7(2)5-10-9(14)11-6-8-3-4-12-13-8/h3-4,7H,5-6H2,1-2H3,(H,12,13)(H2,10,11,14). The van der Waals surface area contributed by atoms with E-state index in [2.05, 4.69) is 34.7 Å². The van der Waals surface area contributed by atoms with E-state index in [1.807, 2.05) is 6.07 Å². The molecule has 0 radical (unpaired) electrons. The second-order valence-electron chi connectivity index (χ2n) is 3.54. The van der Waals surface area contributed by atoms with Crippen LogP contribution in [0.25, 0.3) is 0 Å². The van der Waals surface area contributed by atoms with Gasteiger partial charge in [-0.3, -0.25) is 5.10 Å². The lowest BCUT2D eigenvalue weighted by molar-refractivity contribution is 0.619. The van der Waals surface area contributed by atoms with Crippen molar-refractivity contribution in [2.45, 2.75) is 20.4 Å². The van der Waals surface area contributed by atoms with Gasteiger partial charge in [-0.25, -0.2) is 0 Å². The molecule has 0 fully saturated rings. The molecule has 0 aliphatic rings. The number of hydrogen-bond acceptors (Lipinski definition) is 2. The van der Waals surface area contributed by atoms with Crippen LogP contribution < -0.4 is 10.6 Å². The topological polar surface area (TPSA) is 52.7 Å². The highest BCUT2D eigenvalue weighted by Crippen LogP contribution is 1.90. The fraction of sp³-hybridized carbons (Fsp3) is 0.556. The minimum atomic E-state index is 0.599. The number of thiocarbonyl (C=S) groups is 1. The molecular formula is C9H16N4S. The van der Waals surface area contributed by atoms with E-state index in [4.69, 9.17) is 12.2 Å². The van der Waals surface area contributed by atoms with Crippen LogP contribution in [0.3, 0.4) is 0 Å². The van der Waals surface area contributed by atoms with Gasteiger partial charge >= 0.3 is 0 Å². The molecule has 0 bridgehead atoms. The van der Waals surface area contributed by atoms with Gasteiger partial charge in [-0.05, 0) is 24.2 Å². The summed E-state index contributed by atoms with van der Waals surface area (Å²) in [4.78, 5) is 0. The molecule has 0 amide bonds. The molecule has 5 heteroatoms. The van der Waals surface area contributed by atoms with Gasteiger partial charge in [-0.2, -0.15) is 5.10 Å². The maximum atomic E-state index is 5.09. The molecule has 0 aliphatic carbocycles. The average Bonchev–Trinajstić information content (AvgIpc) is 2.63. The Bertz CT molecular complexity index is 268.